The highest BCUT2D eigenvalue weighted by Crippen LogP contribution is 2.19. The van der Waals surface area contributed by atoms with Gasteiger partial charge in [0.1, 0.15) is 5.15 Å². The summed E-state index contributed by atoms with van der Waals surface area (Å²) >= 11 is 9.11. The highest BCUT2D eigenvalue weighted by atomic mass is 79.9. The third-order valence-corrected chi connectivity index (χ3v) is 3.07. The van der Waals surface area contributed by atoms with E-state index in [0.29, 0.717) is 16.6 Å². The first-order valence-electron chi connectivity index (χ1n) is 5.67. The van der Waals surface area contributed by atoms with E-state index in [1.54, 1.807) is 20.0 Å². The van der Waals surface area contributed by atoms with E-state index in [9.17, 15) is 9.59 Å². The molecule has 0 fully saturated rings. The summed E-state index contributed by atoms with van der Waals surface area (Å²) in [5.41, 5.74) is 0.294. The van der Waals surface area contributed by atoms with Crippen molar-refractivity contribution in [1.82, 2.24) is 9.88 Å². The summed E-state index contributed by atoms with van der Waals surface area (Å²) in [5, 5.41) is 0.135. The molecule has 7 heteroatoms. The summed E-state index contributed by atoms with van der Waals surface area (Å²) in [7, 11) is 1.60. The number of hydrogen-bond acceptors (Lipinski definition) is 4. The Morgan fingerprint density at radius 2 is 2.21 bits per heavy atom. The zero-order valence-corrected chi connectivity index (χ0v) is 13.0. The molecule has 1 amide bonds. The van der Waals surface area contributed by atoms with Crippen molar-refractivity contribution in [2.45, 2.75) is 13.3 Å². The van der Waals surface area contributed by atoms with Crippen LogP contribution in [0.4, 0.5) is 0 Å². The first kappa shape index (κ1) is 15.9. The summed E-state index contributed by atoms with van der Waals surface area (Å²) in [6, 6.07) is 1.60. The fourth-order valence-corrected chi connectivity index (χ4v) is 1.89. The summed E-state index contributed by atoms with van der Waals surface area (Å²) in [6.07, 6.45) is 1.66. The van der Waals surface area contributed by atoms with Gasteiger partial charge in [-0.25, -0.2) is 4.98 Å². The number of carbonyl (C=O) groups excluding carboxylic acids is 2. The van der Waals surface area contributed by atoms with Gasteiger partial charge in [0.25, 0.3) is 5.91 Å². The molecule has 1 rings (SSSR count). The SMILES string of the molecule is CCOC(=O)CCN(C)C(=O)c1cc(Br)cnc1Cl. The number of ether oxygens (including phenoxy) is 1. The van der Waals surface area contributed by atoms with Gasteiger partial charge in [-0.15, -0.1) is 0 Å². The maximum atomic E-state index is 12.1. The fraction of sp³-hybridized carbons (Fsp3) is 0.417. The highest BCUT2D eigenvalue weighted by Gasteiger charge is 2.17. The molecular weight excluding hydrogens is 336 g/mol. The van der Waals surface area contributed by atoms with Gasteiger partial charge in [-0.05, 0) is 28.9 Å². The zero-order valence-electron chi connectivity index (χ0n) is 10.7. The van der Waals surface area contributed by atoms with Crippen molar-refractivity contribution < 1.29 is 14.3 Å². The first-order chi connectivity index (χ1) is 8.95. The van der Waals surface area contributed by atoms with Gasteiger partial charge in [0, 0.05) is 24.3 Å². The smallest absolute Gasteiger partial charge is 0.307 e. The molecule has 1 aromatic heterocycles. The van der Waals surface area contributed by atoms with E-state index >= 15 is 0 Å². The van der Waals surface area contributed by atoms with Crippen LogP contribution in [0.5, 0.6) is 0 Å². The molecule has 104 valence electrons. The maximum absolute atomic E-state index is 12.1. The lowest BCUT2D eigenvalue weighted by Crippen LogP contribution is -2.29. The topological polar surface area (TPSA) is 59.5 Å². The van der Waals surface area contributed by atoms with Crippen LogP contribution in [0.3, 0.4) is 0 Å². The third-order valence-electron chi connectivity index (χ3n) is 2.34. The van der Waals surface area contributed by atoms with Gasteiger partial charge >= 0.3 is 5.97 Å². The minimum Gasteiger partial charge on any atom is -0.466 e. The Hall–Kier alpha value is -1.14. The monoisotopic (exact) mass is 348 g/mol. The standard InChI is InChI=1S/C12H14BrClN2O3/c1-3-19-10(17)4-5-16(2)12(18)9-6-8(13)7-15-11(9)14/h6-7H,3-5H2,1-2H3. The Morgan fingerprint density at radius 1 is 1.53 bits per heavy atom. The number of nitrogens with zero attached hydrogens (tertiary/aromatic N) is 2. The summed E-state index contributed by atoms with van der Waals surface area (Å²) in [5.74, 6) is -0.622. The number of aromatic nitrogens is 1. The number of halogens is 2. The predicted octanol–water partition coefficient (Wildman–Crippen LogP) is 2.52. The van der Waals surface area contributed by atoms with E-state index < -0.39 is 0 Å². The lowest BCUT2D eigenvalue weighted by Gasteiger charge is -2.17. The lowest BCUT2D eigenvalue weighted by atomic mass is 10.2. The molecule has 0 bridgehead atoms. The molecule has 0 unspecified atom stereocenters. The molecular formula is C12H14BrClN2O3. The second-order valence-corrected chi connectivity index (χ2v) is 5.05. The van der Waals surface area contributed by atoms with Crippen molar-refractivity contribution in [3.63, 3.8) is 0 Å². The number of esters is 1. The molecule has 1 heterocycles. The average molecular weight is 350 g/mol. The molecule has 5 nitrogen and oxygen atoms in total. The van der Waals surface area contributed by atoms with Crippen molar-refractivity contribution in [3.8, 4) is 0 Å². The molecule has 0 N–H and O–H groups in total. The highest BCUT2D eigenvalue weighted by molar-refractivity contribution is 9.10. The van der Waals surface area contributed by atoms with Gasteiger partial charge in [0.2, 0.25) is 0 Å². The molecule has 0 aliphatic heterocycles. The molecule has 0 aliphatic carbocycles. The Kier molecular flexibility index (Phi) is 6.24. The van der Waals surface area contributed by atoms with E-state index in [2.05, 4.69) is 20.9 Å². The average Bonchev–Trinajstić information content (AvgIpc) is 2.38. The van der Waals surface area contributed by atoms with E-state index in [4.69, 9.17) is 16.3 Å². The van der Waals surface area contributed by atoms with E-state index in [-0.39, 0.29) is 30.0 Å². The minimum atomic E-state index is -0.333. The van der Waals surface area contributed by atoms with Crippen molar-refractivity contribution in [1.29, 1.82) is 0 Å². The van der Waals surface area contributed by atoms with E-state index in [1.165, 1.54) is 11.1 Å². The largest absolute Gasteiger partial charge is 0.466 e. The molecule has 1 aromatic rings. The molecule has 0 saturated carbocycles. The van der Waals surface area contributed by atoms with E-state index in [1.807, 2.05) is 0 Å². The normalized spacial score (nSPS) is 10.1. The van der Waals surface area contributed by atoms with Crippen LogP contribution >= 0.6 is 27.5 Å². The van der Waals surface area contributed by atoms with Gasteiger partial charge in [0.05, 0.1) is 18.6 Å². The summed E-state index contributed by atoms with van der Waals surface area (Å²) < 4.78 is 5.46. The Labute approximate surface area is 125 Å². The molecule has 0 aromatic carbocycles. The molecule has 0 saturated heterocycles. The van der Waals surface area contributed by atoms with Crippen LogP contribution in [0.15, 0.2) is 16.7 Å². The number of hydrogen-bond donors (Lipinski definition) is 0. The van der Waals surface area contributed by atoms with Crippen LogP contribution in [-0.2, 0) is 9.53 Å². The maximum Gasteiger partial charge on any atom is 0.307 e. The van der Waals surface area contributed by atoms with Gasteiger partial charge in [-0.2, -0.15) is 0 Å². The number of carbonyl (C=O) groups is 2. The van der Waals surface area contributed by atoms with Crippen molar-refractivity contribution in [2.75, 3.05) is 20.2 Å². The second-order valence-electron chi connectivity index (χ2n) is 3.77. The second kappa shape index (κ2) is 7.45. The predicted molar refractivity (Wildman–Crippen MR) is 75.2 cm³/mol. The van der Waals surface area contributed by atoms with Crippen LogP contribution < -0.4 is 0 Å². The number of amides is 1. The quantitative estimate of drug-likeness (QED) is 0.605. The number of pyridine rings is 1. The molecule has 0 radical (unpaired) electrons. The Morgan fingerprint density at radius 3 is 2.84 bits per heavy atom. The van der Waals surface area contributed by atoms with Crippen LogP contribution in [0.2, 0.25) is 5.15 Å². The summed E-state index contributed by atoms with van der Waals surface area (Å²) in [4.78, 5) is 28.6. The van der Waals surface area contributed by atoms with Crippen LogP contribution in [-0.4, -0.2) is 42.0 Å². The van der Waals surface area contributed by atoms with Gasteiger partial charge in [-0.3, -0.25) is 9.59 Å². The van der Waals surface area contributed by atoms with Crippen molar-refractivity contribution in [2.24, 2.45) is 0 Å². The van der Waals surface area contributed by atoms with Crippen LogP contribution in [0.25, 0.3) is 0 Å². The van der Waals surface area contributed by atoms with Gasteiger partial charge in [0.15, 0.2) is 0 Å². The van der Waals surface area contributed by atoms with Gasteiger partial charge in [-0.1, -0.05) is 11.6 Å². The molecule has 0 spiro atoms. The molecule has 19 heavy (non-hydrogen) atoms. The summed E-state index contributed by atoms with van der Waals surface area (Å²) in [6.45, 7) is 2.33. The lowest BCUT2D eigenvalue weighted by molar-refractivity contribution is -0.143. The Balaban J connectivity index is 2.66. The zero-order chi connectivity index (χ0) is 14.4. The minimum absolute atomic E-state index is 0.135. The van der Waals surface area contributed by atoms with Crippen molar-refractivity contribution in [3.05, 3.63) is 27.5 Å². The van der Waals surface area contributed by atoms with Gasteiger partial charge < -0.3 is 9.64 Å². The molecule has 0 aliphatic rings. The van der Waals surface area contributed by atoms with E-state index in [0.717, 1.165) is 0 Å². The number of rotatable bonds is 5. The van der Waals surface area contributed by atoms with Crippen LogP contribution in [0.1, 0.15) is 23.7 Å². The fourth-order valence-electron chi connectivity index (χ4n) is 1.37. The molecule has 0 atom stereocenters. The van der Waals surface area contributed by atoms with Crippen molar-refractivity contribution >= 4 is 39.4 Å². The van der Waals surface area contributed by atoms with Crippen LogP contribution in [0, 0.1) is 0 Å². The third kappa shape index (κ3) is 4.80. The first-order valence-corrected chi connectivity index (χ1v) is 6.85. The Bertz CT molecular complexity index is 482.